The Labute approximate surface area is 307 Å². The van der Waals surface area contributed by atoms with Gasteiger partial charge in [0.2, 0.25) is 11.8 Å². The second kappa shape index (κ2) is 20.5. The maximum atomic E-state index is 13.1. The lowest BCUT2D eigenvalue weighted by Crippen LogP contribution is -2.45. The molecule has 17 heteroatoms. The molecule has 4 N–H and O–H groups in total. The molecule has 2 amide bonds. The van der Waals surface area contributed by atoms with Crippen molar-refractivity contribution in [3.05, 3.63) is 35.9 Å². The van der Waals surface area contributed by atoms with E-state index < -0.39 is 23.9 Å². The minimum absolute atomic E-state index is 0.0366. The maximum absolute atomic E-state index is 13.1. The molecule has 1 saturated heterocycles. The van der Waals surface area contributed by atoms with Gasteiger partial charge in [0.15, 0.2) is 0 Å². The number of methoxy groups -OCH3 is 5. The summed E-state index contributed by atoms with van der Waals surface area (Å²) >= 11 is 0. The smallest absolute Gasteiger partial charge is 0.333 e. The number of hydrogen-bond donors (Lipinski definition) is 4. The van der Waals surface area contributed by atoms with Crippen LogP contribution in [0.15, 0.2) is 35.9 Å². The van der Waals surface area contributed by atoms with Crippen LogP contribution in [-0.2, 0) is 24.0 Å². The number of nitrogens with one attached hydrogen (secondary N) is 2. The Morgan fingerprint density at radius 3 is 1.66 bits per heavy atom. The third-order valence-corrected chi connectivity index (χ3v) is 8.39. The molecule has 0 radical (unpaired) electrons. The number of amides is 2. The number of ether oxygens (including phenoxy) is 6. The standard InChI is InChI=1S/C36H48N4O13/c1-22(41)53-24-18-29(51-5)35(30(19-24)52-6)38-32(43)11-8-14-40-15-9-13-39(21-26(40)25(36(46)47)20-33(44)45)12-7-10-31(42)37-34-27(49-3)16-23(48-2)17-28(34)50-4/h16-20,26H,7-15,21H2,1-6H3,(H,37,42)(H,38,43)(H,44,45)(H,46,47). The molecule has 1 unspecified atom stereocenters. The highest BCUT2D eigenvalue weighted by atomic mass is 16.5. The van der Waals surface area contributed by atoms with Gasteiger partial charge in [-0.05, 0) is 38.9 Å². The molecule has 1 aliphatic heterocycles. The largest absolute Gasteiger partial charge is 0.496 e. The van der Waals surface area contributed by atoms with Crippen molar-refractivity contribution in [3.8, 4) is 34.5 Å². The molecule has 17 nitrogen and oxygen atoms in total. The Balaban J connectivity index is 1.68. The molecule has 3 rings (SSSR count). The predicted octanol–water partition coefficient (Wildman–Crippen LogP) is 3.26. The minimum atomic E-state index is -1.39. The van der Waals surface area contributed by atoms with Crippen LogP contribution < -0.4 is 39.1 Å². The van der Waals surface area contributed by atoms with E-state index in [1.807, 2.05) is 9.80 Å². The van der Waals surface area contributed by atoms with Crippen LogP contribution in [-0.4, -0.2) is 124 Å². The van der Waals surface area contributed by atoms with Crippen LogP contribution >= 0.6 is 0 Å². The van der Waals surface area contributed by atoms with Gasteiger partial charge >= 0.3 is 17.9 Å². The van der Waals surface area contributed by atoms with Crippen LogP contribution in [0.1, 0.15) is 39.0 Å². The van der Waals surface area contributed by atoms with E-state index in [-0.39, 0.29) is 59.7 Å². The van der Waals surface area contributed by atoms with Gasteiger partial charge in [-0.25, -0.2) is 9.59 Å². The van der Waals surface area contributed by atoms with E-state index in [1.165, 1.54) is 54.6 Å². The van der Waals surface area contributed by atoms with Gasteiger partial charge in [-0.3, -0.25) is 19.3 Å². The first-order valence-corrected chi connectivity index (χ1v) is 16.8. The number of esters is 1. The normalized spacial score (nSPS) is 15.1. The molecule has 53 heavy (non-hydrogen) atoms. The fraction of sp³-hybridized carbons (Fsp3) is 0.472. The second-order valence-electron chi connectivity index (χ2n) is 12.0. The fourth-order valence-corrected chi connectivity index (χ4v) is 5.98. The molecule has 0 aromatic heterocycles. The van der Waals surface area contributed by atoms with Gasteiger partial charge < -0.3 is 54.2 Å². The molecular formula is C36H48N4O13. The summed E-state index contributed by atoms with van der Waals surface area (Å²) in [5.74, 6) is -2.13. The van der Waals surface area contributed by atoms with Crippen molar-refractivity contribution < 1.29 is 62.6 Å². The lowest BCUT2D eigenvalue weighted by molar-refractivity contribution is -0.135. The number of carboxylic acids is 2. The highest BCUT2D eigenvalue weighted by Gasteiger charge is 2.32. The Kier molecular flexibility index (Phi) is 16.2. The van der Waals surface area contributed by atoms with Crippen molar-refractivity contribution in [2.75, 3.05) is 78.9 Å². The maximum Gasteiger partial charge on any atom is 0.333 e. The zero-order valence-corrected chi connectivity index (χ0v) is 30.8. The molecule has 2 aromatic carbocycles. The number of rotatable bonds is 19. The molecule has 0 saturated carbocycles. The number of hydrogen-bond acceptors (Lipinski definition) is 13. The van der Waals surface area contributed by atoms with Gasteiger partial charge in [0.1, 0.15) is 45.9 Å². The van der Waals surface area contributed by atoms with Gasteiger partial charge in [-0.2, -0.15) is 0 Å². The van der Waals surface area contributed by atoms with E-state index >= 15 is 0 Å². The lowest BCUT2D eigenvalue weighted by atomic mass is 10.0. The summed E-state index contributed by atoms with van der Waals surface area (Å²) in [6, 6.07) is 5.33. The van der Waals surface area contributed by atoms with Gasteiger partial charge in [0.25, 0.3) is 0 Å². The zero-order chi connectivity index (χ0) is 39.1. The highest BCUT2D eigenvalue weighted by Crippen LogP contribution is 2.40. The lowest BCUT2D eigenvalue weighted by Gasteiger charge is -2.32. The zero-order valence-electron chi connectivity index (χ0n) is 30.8. The molecule has 1 atom stereocenters. The molecule has 290 valence electrons. The summed E-state index contributed by atoms with van der Waals surface area (Å²) in [4.78, 5) is 65.3. The average molecular weight is 745 g/mol. The summed E-state index contributed by atoms with van der Waals surface area (Å²) < 4.78 is 32.0. The SMILES string of the molecule is COc1cc(OC)c(NC(=O)CCCN2CCCN(CCCC(=O)Nc3c(OC)cc(OC(C)=O)cc3OC)C(C(=CC(=O)O)C(=O)O)C2)c(OC)c1. The Morgan fingerprint density at radius 2 is 1.23 bits per heavy atom. The van der Waals surface area contributed by atoms with E-state index in [0.717, 1.165) is 0 Å². The van der Waals surface area contributed by atoms with Crippen LogP contribution in [0.5, 0.6) is 34.5 Å². The average Bonchev–Trinajstić information content (AvgIpc) is 3.32. The topological polar surface area (TPSA) is 212 Å². The number of aliphatic carboxylic acids is 2. The Hall–Kier alpha value is -5.55. The number of carboxylic acid groups (broad SMARTS) is 2. The summed E-state index contributed by atoms with van der Waals surface area (Å²) in [6.07, 6.45) is 2.26. The highest BCUT2D eigenvalue weighted by molar-refractivity contribution is 5.96. The first-order valence-electron chi connectivity index (χ1n) is 16.8. The number of anilines is 2. The summed E-state index contributed by atoms with van der Waals surface area (Å²) in [5.41, 5.74) is 0.320. The quantitative estimate of drug-likeness (QED) is 0.0924. The minimum Gasteiger partial charge on any atom is -0.496 e. The molecule has 1 heterocycles. The molecule has 2 aromatic rings. The van der Waals surface area contributed by atoms with E-state index in [4.69, 9.17) is 28.4 Å². The van der Waals surface area contributed by atoms with Crippen molar-refractivity contribution in [3.63, 3.8) is 0 Å². The molecule has 1 aliphatic rings. The van der Waals surface area contributed by atoms with Crippen molar-refractivity contribution >= 4 is 41.1 Å². The van der Waals surface area contributed by atoms with Crippen LogP contribution in [0.4, 0.5) is 11.4 Å². The van der Waals surface area contributed by atoms with Crippen molar-refractivity contribution in [1.82, 2.24) is 9.80 Å². The van der Waals surface area contributed by atoms with Gasteiger partial charge in [0, 0.05) is 63.2 Å². The monoisotopic (exact) mass is 744 g/mol. The van der Waals surface area contributed by atoms with Gasteiger partial charge in [-0.15, -0.1) is 0 Å². The van der Waals surface area contributed by atoms with Crippen molar-refractivity contribution in [2.45, 2.75) is 45.1 Å². The van der Waals surface area contributed by atoms with E-state index in [0.29, 0.717) is 74.5 Å². The predicted molar refractivity (Wildman–Crippen MR) is 192 cm³/mol. The molecule has 0 spiro atoms. The summed E-state index contributed by atoms with van der Waals surface area (Å²) in [5, 5.41) is 25.2. The van der Waals surface area contributed by atoms with Gasteiger partial charge in [-0.1, -0.05) is 0 Å². The molecule has 0 bridgehead atoms. The third-order valence-electron chi connectivity index (χ3n) is 8.39. The van der Waals surface area contributed by atoms with Crippen molar-refractivity contribution in [2.24, 2.45) is 0 Å². The van der Waals surface area contributed by atoms with Crippen LogP contribution in [0.2, 0.25) is 0 Å². The number of carbonyl (C=O) groups excluding carboxylic acids is 3. The van der Waals surface area contributed by atoms with E-state index in [1.54, 1.807) is 12.1 Å². The number of benzene rings is 2. The molecular weight excluding hydrogens is 696 g/mol. The molecule has 0 aliphatic carbocycles. The first kappa shape index (κ1) is 41.9. The van der Waals surface area contributed by atoms with Crippen molar-refractivity contribution in [1.29, 1.82) is 0 Å². The second-order valence-corrected chi connectivity index (χ2v) is 12.0. The summed E-state index contributed by atoms with van der Waals surface area (Å²) in [7, 11) is 7.21. The first-order chi connectivity index (χ1) is 25.3. The van der Waals surface area contributed by atoms with E-state index in [2.05, 4.69) is 10.6 Å². The Bertz CT molecular complexity index is 1610. The summed E-state index contributed by atoms with van der Waals surface area (Å²) in [6.45, 7) is 3.21. The van der Waals surface area contributed by atoms with Crippen LogP contribution in [0.25, 0.3) is 0 Å². The van der Waals surface area contributed by atoms with E-state index in [9.17, 15) is 34.2 Å². The third kappa shape index (κ3) is 12.3. The fourth-order valence-electron chi connectivity index (χ4n) is 5.98. The van der Waals surface area contributed by atoms with Crippen LogP contribution in [0, 0.1) is 0 Å². The molecule has 1 fully saturated rings. The van der Waals surface area contributed by atoms with Crippen LogP contribution in [0.3, 0.4) is 0 Å². The Morgan fingerprint density at radius 1 is 0.736 bits per heavy atom. The van der Waals surface area contributed by atoms with Gasteiger partial charge in [0.05, 0.1) is 47.2 Å². The number of nitrogens with zero attached hydrogens (tertiary/aromatic N) is 2. The number of carbonyl (C=O) groups is 5.